The van der Waals surface area contributed by atoms with Crippen LogP contribution < -0.4 is 20.7 Å². The standard InChI is InChI=1S/C22H26N6O3/c1-31-20-9-5-4-8-17(20)25-22(30)23-12-13-28-19-11-10-15(14-18(19)26-27-28)21(29)24-16-6-2-3-7-16/h4-5,8-11,14,16H,2-3,6-7,12-13H2,1H3,(H,24,29)(H2,23,25,30). The van der Waals surface area contributed by atoms with E-state index < -0.39 is 0 Å². The molecule has 2 aromatic carbocycles. The van der Waals surface area contributed by atoms with Crippen LogP contribution in [0.4, 0.5) is 10.5 Å². The predicted octanol–water partition coefficient (Wildman–Crippen LogP) is 2.93. The number of nitrogens with zero attached hydrogens (tertiary/aromatic N) is 3. The summed E-state index contributed by atoms with van der Waals surface area (Å²) in [6.07, 6.45) is 4.43. The zero-order valence-corrected chi connectivity index (χ0v) is 17.4. The highest BCUT2D eigenvalue weighted by atomic mass is 16.5. The first-order valence-corrected chi connectivity index (χ1v) is 10.5. The van der Waals surface area contributed by atoms with Crippen molar-refractivity contribution in [3.05, 3.63) is 48.0 Å². The third-order valence-corrected chi connectivity index (χ3v) is 5.43. The molecular formula is C22H26N6O3. The van der Waals surface area contributed by atoms with Crippen LogP contribution in [-0.2, 0) is 6.54 Å². The first-order valence-electron chi connectivity index (χ1n) is 10.5. The number of ether oxygens (including phenoxy) is 1. The topological polar surface area (TPSA) is 110 Å². The average Bonchev–Trinajstić information content (AvgIpc) is 3.43. The molecule has 1 fully saturated rings. The second kappa shape index (κ2) is 9.46. The number of carbonyl (C=O) groups is 2. The van der Waals surface area contributed by atoms with Crippen LogP contribution in [-0.4, -0.2) is 46.6 Å². The monoisotopic (exact) mass is 422 g/mol. The molecule has 3 N–H and O–H groups in total. The van der Waals surface area contributed by atoms with Gasteiger partial charge in [-0.1, -0.05) is 30.2 Å². The number of aromatic nitrogens is 3. The van der Waals surface area contributed by atoms with Crippen molar-refractivity contribution in [2.24, 2.45) is 0 Å². The second-order valence-corrected chi connectivity index (χ2v) is 7.55. The van der Waals surface area contributed by atoms with Crippen LogP contribution >= 0.6 is 0 Å². The molecule has 0 saturated heterocycles. The summed E-state index contributed by atoms with van der Waals surface area (Å²) in [6, 6.07) is 12.5. The molecule has 1 heterocycles. The molecule has 0 bridgehead atoms. The van der Waals surface area contributed by atoms with E-state index in [2.05, 4.69) is 26.3 Å². The van der Waals surface area contributed by atoms with Gasteiger partial charge in [0.15, 0.2) is 0 Å². The van der Waals surface area contributed by atoms with Gasteiger partial charge < -0.3 is 20.7 Å². The third-order valence-electron chi connectivity index (χ3n) is 5.43. The minimum atomic E-state index is -0.334. The zero-order chi connectivity index (χ0) is 21.6. The summed E-state index contributed by atoms with van der Waals surface area (Å²) in [5, 5.41) is 17.0. The molecule has 0 atom stereocenters. The second-order valence-electron chi connectivity index (χ2n) is 7.55. The van der Waals surface area contributed by atoms with Gasteiger partial charge in [0.2, 0.25) is 0 Å². The number of methoxy groups -OCH3 is 1. The van der Waals surface area contributed by atoms with Gasteiger partial charge >= 0.3 is 6.03 Å². The third kappa shape index (κ3) is 4.93. The van der Waals surface area contributed by atoms with Crippen molar-refractivity contribution in [2.75, 3.05) is 19.0 Å². The number of benzene rings is 2. The largest absolute Gasteiger partial charge is 0.495 e. The van der Waals surface area contributed by atoms with E-state index in [0.29, 0.717) is 35.6 Å². The fourth-order valence-electron chi connectivity index (χ4n) is 3.81. The van der Waals surface area contributed by atoms with E-state index in [1.807, 2.05) is 18.2 Å². The molecule has 9 heteroatoms. The van der Waals surface area contributed by atoms with E-state index in [-0.39, 0.29) is 18.0 Å². The lowest BCUT2D eigenvalue weighted by Gasteiger charge is -2.12. The SMILES string of the molecule is COc1ccccc1NC(=O)NCCn1nnc2cc(C(=O)NC3CCCC3)ccc21. The summed E-state index contributed by atoms with van der Waals surface area (Å²) in [5.41, 5.74) is 2.64. The molecule has 0 radical (unpaired) electrons. The van der Waals surface area contributed by atoms with Crippen LogP contribution in [0.5, 0.6) is 5.75 Å². The molecule has 4 rings (SSSR count). The molecular weight excluding hydrogens is 396 g/mol. The minimum absolute atomic E-state index is 0.0713. The van der Waals surface area contributed by atoms with Crippen LogP contribution in [0.3, 0.4) is 0 Å². The number of carbonyl (C=O) groups excluding carboxylic acids is 2. The van der Waals surface area contributed by atoms with Gasteiger partial charge in [-0.25, -0.2) is 9.48 Å². The van der Waals surface area contributed by atoms with Gasteiger partial charge in [-0.15, -0.1) is 5.10 Å². The Morgan fingerprint density at radius 3 is 2.77 bits per heavy atom. The smallest absolute Gasteiger partial charge is 0.319 e. The molecule has 31 heavy (non-hydrogen) atoms. The number of hydrogen-bond donors (Lipinski definition) is 3. The fourth-order valence-corrected chi connectivity index (χ4v) is 3.81. The number of nitrogens with one attached hydrogen (secondary N) is 3. The molecule has 0 spiro atoms. The maximum absolute atomic E-state index is 12.5. The van der Waals surface area contributed by atoms with Crippen molar-refractivity contribution in [3.8, 4) is 5.75 Å². The zero-order valence-electron chi connectivity index (χ0n) is 17.4. The number of hydrogen-bond acceptors (Lipinski definition) is 5. The molecule has 0 unspecified atom stereocenters. The van der Waals surface area contributed by atoms with E-state index >= 15 is 0 Å². The van der Waals surface area contributed by atoms with Gasteiger partial charge in [-0.2, -0.15) is 0 Å². The van der Waals surface area contributed by atoms with Crippen molar-refractivity contribution < 1.29 is 14.3 Å². The Bertz CT molecular complexity index is 1070. The van der Waals surface area contributed by atoms with Crippen molar-refractivity contribution in [1.82, 2.24) is 25.6 Å². The Labute approximate surface area is 180 Å². The number of amides is 3. The average molecular weight is 422 g/mol. The highest BCUT2D eigenvalue weighted by molar-refractivity contribution is 5.97. The first-order chi connectivity index (χ1) is 15.1. The number of para-hydroxylation sites is 2. The fraction of sp³-hybridized carbons (Fsp3) is 0.364. The van der Waals surface area contributed by atoms with Crippen LogP contribution in [0.1, 0.15) is 36.0 Å². The Kier molecular flexibility index (Phi) is 6.30. The Balaban J connectivity index is 1.32. The molecule has 1 aliphatic rings. The van der Waals surface area contributed by atoms with E-state index in [1.165, 1.54) is 12.8 Å². The van der Waals surface area contributed by atoms with Gasteiger partial charge in [0.25, 0.3) is 5.91 Å². The summed E-state index contributed by atoms with van der Waals surface area (Å²) >= 11 is 0. The highest BCUT2D eigenvalue weighted by Gasteiger charge is 2.18. The Morgan fingerprint density at radius 2 is 1.97 bits per heavy atom. The van der Waals surface area contributed by atoms with Crippen molar-refractivity contribution in [1.29, 1.82) is 0 Å². The van der Waals surface area contributed by atoms with Gasteiger partial charge in [-0.05, 0) is 43.2 Å². The Morgan fingerprint density at radius 1 is 1.16 bits per heavy atom. The lowest BCUT2D eigenvalue weighted by atomic mass is 10.1. The van der Waals surface area contributed by atoms with Gasteiger partial charge in [0.05, 0.1) is 24.9 Å². The minimum Gasteiger partial charge on any atom is -0.495 e. The summed E-state index contributed by atoms with van der Waals surface area (Å²) in [7, 11) is 1.55. The van der Waals surface area contributed by atoms with E-state index in [4.69, 9.17) is 4.74 Å². The van der Waals surface area contributed by atoms with Gasteiger partial charge in [0.1, 0.15) is 11.3 Å². The summed E-state index contributed by atoms with van der Waals surface area (Å²) in [5.74, 6) is 0.519. The maximum atomic E-state index is 12.5. The molecule has 1 aromatic heterocycles. The number of anilines is 1. The van der Waals surface area contributed by atoms with E-state index in [1.54, 1.807) is 36.1 Å². The molecule has 9 nitrogen and oxygen atoms in total. The Hall–Kier alpha value is -3.62. The molecule has 3 aromatic rings. The normalized spacial score (nSPS) is 13.8. The van der Waals surface area contributed by atoms with Crippen LogP contribution in [0.2, 0.25) is 0 Å². The summed E-state index contributed by atoms with van der Waals surface area (Å²) in [6.45, 7) is 0.812. The van der Waals surface area contributed by atoms with E-state index in [0.717, 1.165) is 18.4 Å². The predicted molar refractivity (Wildman–Crippen MR) is 117 cm³/mol. The van der Waals surface area contributed by atoms with Crippen molar-refractivity contribution >= 4 is 28.7 Å². The molecule has 162 valence electrons. The molecule has 1 aliphatic carbocycles. The molecule has 0 aliphatic heterocycles. The quantitative estimate of drug-likeness (QED) is 0.542. The molecule has 1 saturated carbocycles. The van der Waals surface area contributed by atoms with Crippen LogP contribution in [0, 0.1) is 0 Å². The summed E-state index contributed by atoms with van der Waals surface area (Å²) < 4.78 is 6.93. The molecule has 3 amide bonds. The number of fused-ring (bicyclic) bond motifs is 1. The van der Waals surface area contributed by atoms with Crippen molar-refractivity contribution in [3.63, 3.8) is 0 Å². The maximum Gasteiger partial charge on any atom is 0.319 e. The number of urea groups is 1. The number of rotatable bonds is 7. The van der Waals surface area contributed by atoms with Gasteiger partial charge in [0, 0.05) is 18.2 Å². The van der Waals surface area contributed by atoms with Gasteiger partial charge in [-0.3, -0.25) is 4.79 Å². The first kappa shape index (κ1) is 20.6. The van der Waals surface area contributed by atoms with Crippen LogP contribution in [0.15, 0.2) is 42.5 Å². The lowest BCUT2D eigenvalue weighted by molar-refractivity contribution is 0.0938. The summed E-state index contributed by atoms with van der Waals surface area (Å²) in [4.78, 5) is 24.6. The van der Waals surface area contributed by atoms with Crippen molar-refractivity contribution in [2.45, 2.75) is 38.3 Å². The highest BCUT2D eigenvalue weighted by Crippen LogP contribution is 2.22. The van der Waals surface area contributed by atoms with E-state index in [9.17, 15) is 9.59 Å². The van der Waals surface area contributed by atoms with Crippen LogP contribution in [0.25, 0.3) is 11.0 Å². The lowest BCUT2D eigenvalue weighted by Crippen LogP contribution is -2.32.